The van der Waals surface area contributed by atoms with Gasteiger partial charge in [0.05, 0.1) is 0 Å². The second kappa shape index (κ2) is 6.28. The van der Waals surface area contributed by atoms with E-state index in [4.69, 9.17) is 5.73 Å². The number of nitrogens with two attached hydrogens (primary N) is 1. The van der Waals surface area contributed by atoms with E-state index in [0.717, 1.165) is 42.7 Å². The second-order valence-electron chi connectivity index (χ2n) is 4.36. The number of hydrogen-bond acceptors (Lipinski definition) is 2. The first-order chi connectivity index (χ1) is 8.10. The van der Waals surface area contributed by atoms with Gasteiger partial charge >= 0.3 is 0 Å². The molecule has 0 bridgehead atoms. The SMILES string of the molecule is CCCN(CCC)C(=O)c1ccc(N)c(C)c1. The van der Waals surface area contributed by atoms with Gasteiger partial charge in [-0.2, -0.15) is 0 Å². The largest absolute Gasteiger partial charge is 0.399 e. The van der Waals surface area contributed by atoms with Crippen LogP contribution >= 0.6 is 0 Å². The van der Waals surface area contributed by atoms with E-state index in [0.29, 0.717) is 0 Å². The molecule has 3 heteroatoms. The fourth-order valence-corrected chi connectivity index (χ4v) is 1.85. The van der Waals surface area contributed by atoms with Crippen molar-refractivity contribution in [2.24, 2.45) is 0 Å². The number of nitrogen functional groups attached to an aromatic ring is 1. The third kappa shape index (κ3) is 3.48. The molecule has 0 saturated carbocycles. The minimum absolute atomic E-state index is 0.108. The Balaban J connectivity index is 2.88. The minimum atomic E-state index is 0.108. The highest BCUT2D eigenvalue weighted by Crippen LogP contribution is 2.14. The lowest BCUT2D eigenvalue weighted by molar-refractivity contribution is 0.0755. The molecule has 0 atom stereocenters. The van der Waals surface area contributed by atoms with Gasteiger partial charge in [0.15, 0.2) is 0 Å². The molecule has 1 aromatic rings. The van der Waals surface area contributed by atoms with Crippen molar-refractivity contribution >= 4 is 11.6 Å². The minimum Gasteiger partial charge on any atom is -0.399 e. The van der Waals surface area contributed by atoms with Crippen molar-refractivity contribution in [1.29, 1.82) is 0 Å². The Morgan fingerprint density at radius 3 is 2.29 bits per heavy atom. The van der Waals surface area contributed by atoms with Crippen LogP contribution in [0.3, 0.4) is 0 Å². The number of anilines is 1. The van der Waals surface area contributed by atoms with Crippen molar-refractivity contribution in [1.82, 2.24) is 4.90 Å². The normalized spacial score (nSPS) is 10.3. The fraction of sp³-hybridized carbons (Fsp3) is 0.500. The zero-order chi connectivity index (χ0) is 12.8. The Kier molecular flexibility index (Phi) is 5.01. The van der Waals surface area contributed by atoms with E-state index in [9.17, 15) is 4.79 Å². The molecule has 1 aromatic carbocycles. The molecule has 17 heavy (non-hydrogen) atoms. The first kappa shape index (κ1) is 13.6. The maximum atomic E-state index is 12.3. The van der Waals surface area contributed by atoms with Crippen molar-refractivity contribution in [3.8, 4) is 0 Å². The van der Waals surface area contributed by atoms with Crippen molar-refractivity contribution in [3.63, 3.8) is 0 Å². The molecule has 2 N–H and O–H groups in total. The van der Waals surface area contributed by atoms with Crippen molar-refractivity contribution in [2.45, 2.75) is 33.6 Å². The third-order valence-corrected chi connectivity index (χ3v) is 2.79. The van der Waals surface area contributed by atoms with E-state index >= 15 is 0 Å². The van der Waals surface area contributed by atoms with Crippen LogP contribution in [-0.4, -0.2) is 23.9 Å². The average molecular weight is 234 g/mol. The van der Waals surface area contributed by atoms with Gasteiger partial charge in [-0.05, 0) is 43.5 Å². The standard InChI is InChI=1S/C14H22N2O/c1-4-8-16(9-5-2)14(17)12-6-7-13(15)11(3)10-12/h6-7,10H,4-5,8-9,15H2,1-3H3. The van der Waals surface area contributed by atoms with E-state index in [2.05, 4.69) is 13.8 Å². The summed E-state index contributed by atoms with van der Waals surface area (Å²) in [6, 6.07) is 5.48. The van der Waals surface area contributed by atoms with E-state index < -0.39 is 0 Å². The summed E-state index contributed by atoms with van der Waals surface area (Å²) in [5.41, 5.74) is 8.19. The van der Waals surface area contributed by atoms with Crippen LogP contribution in [0.4, 0.5) is 5.69 Å². The smallest absolute Gasteiger partial charge is 0.253 e. The van der Waals surface area contributed by atoms with E-state index in [1.165, 1.54) is 0 Å². The zero-order valence-electron chi connectivity index (χ0n) is 11.0. The molecule has 1 amide bonds. The van der Waals surface area contributed by atoms with Crippen LogP contribution in [0.2, 0.25) is 0 Å². The van der Waals surface area contributed by atoms with Gasteiger partial charge in [0.25, 0.3) is 5.91 Å². The Bertz CT molecular complexity index is 382. The predicted octanol–water partition coefficient (Wildman–Crippen LogP) is 2.84. The molecule has 1 rings (SSSR count). The molecular formula is C14H22N2O. The molecule has 0 aliphatic rings. The van der Waals surface area contributed by atoms with Crippen LogP contribution in [0.25, 0.3) is 0 Å². The quantitative estimate of drug-likeness (QED) is 0.796. The van der Waals surface area contributed by atoms with E-state index in [-0.39, 0.29) is 5.91 Å². The molecule has 0 heterocycles. The number of carbonyl (C=O) groups is 1. The summed E-state index contributed by atoms with van der Waals surface area (Å²) in [5.74, 6) is 0.108. The number of nitrogens with zero attached hydrogens (tertiary/aromatic N) is 1. The van der Waals surface area contributed by atoms with Crippen LogP contribution in [0.5, 0.6) is 0 Å². The number of rotatable bonds is 5. The number of carbonyl (C=O) groups excluding carboxylic acids is 1. The van der Waals surface area contributed by atoms with Crippen LogP contribution in [0.15, 0.2) is 18.2 Å². The van der Waals surface area contributed by atoms with Gasteiger partial charge in [-0.3, -0.25) is 4.79 Å². The monoisotopic (exact) mass is 234 g/mol. The molecule has 0 spiro atoms. The second-order valence-corrected chi connectivity index (χ2v) is 4.36. The van der Waals surface area contributed by atoms with Gasteiger partial charge in [-0.25, -0.2) is 0 Å². The fourth-order valence-electron chi connectivity index (χ4n) is 1.85. The average Bonchev–Trinajstić information content (AvgIpc) is 2.31. The van der Waals surface area contributed by atoms with E-state index in [1.807, 2.05) is 24.0 Å². The number of amides is 1. The molecule has 0 radical (unpaired) electrons. The molecule has 0 aliphatic heterocycles. The van der Waals surface area contributed by atoms with Crippen LogP contribution in [0, 0.1) is 6.92 Å². The summed E-state index contributed by atoms with van der Waals surface area (Å²) in [5, 5.41) is 0. The Morgan fingerprint density at radius 2 is 1.82 bits per heavy atom. The summed E-state index contributed by atoms with van der Waals surface area (Å²) in [6.45, 7) is 7.73. The van der Waals surface area contributed by atoms with Crippen molar-refractivity contribution in [2.75, 3.05) is 18.8 Å². The summed E-state index contributed by atoms with van der Waals surface area (Å²) in [6.07, 6.45) is 1.97. The topological polar surface area (TPSA) is 46.3 Å². The Hall–Kier alpha value is -1.51. The summed E-state index contributed by atoms with van der Waals surface area (Å²) in [7, 11) is 0. The Morgan fingerprint density at radius 1 is 1.24 bits per heavy atom. The summed E-state index contributed by atoms with van der Waals surface area (Å²) in [4.78, 5) is 14.2. The molecule has 0 aromatic heterocycles. The molecule has 0 aliphatic carbocycles. The van der Waals surface area contributed by atoms with Crippen molar-refractivity contribution < 1.29 is 4.79 Å². The van der Waals surface area contributed by atoms with Gasteiger partial charge in [0, 0.05) is 24.3 Å². The predicted molar refractivity (Wildman–Crippen MR) is 72.1 cm³/mol. The maximum Gasteiger partial charge on any atom is 0.253 e. The summed E-state index contributed by atoms with van der Waals surface area (Å²) >= 11 is 0. The van der Waals surface area contributed by atoms with Crippen LogP contribution < -0.4 is 5.73 Å². The third-order valence-electron chi connectivity index (χ3n) is 2.79. The number of aryl methyl sites for hydroxylation is 1. The number of benzene rings is 1. The first-order valence-corrected chi connectivity index (χ1v) is 6.25. The molecule has 94 valence electrons. The van der Waals surface area contributed by atoms with Gasteiger partial charge in [0.1, 0.15) is 0 Å². The zero-order valence-corrected chi connectivity index (χ0v) is 11.0. The van der Waals surface area contributed by atoms with Gasteiger partial charge in [-0.1, -0.05) is 13.8 Å². The molecule has 0 fully saturated rings. The van der Waals surface area contributed by atoms with Crippen LogP contribution in [-0.2, 0) is 0 Å². The number of hydrogen-bond donors (Lipinski definition) is 1. The Labute approximate surface area is 104 Å². The van der Waals surface area contributed by atoms with Crippen molar-refractivity contribution in [3.05, 3.63) is 29.3 Å². The lowest BCUT2D eigenvalue weighted by Crippen LogP contribution is -2.32. The lowest BCUT2D eigenvalue weighted by atomic mass is 10.1. The van der Waals surface area contributed by atoms with Gasteiger partial charge < -0.3 is 10.6 Å². The highest BCUT2D eigenvalue weighted by atomic mass is 16.2. The summed E-state index contributed by atoms with van der Waals surface area (Å²) < 4.78 is 0. The van der Waals surface area contributed by atoms with Gasteiger partial charge in [0.2, 0.25) is 0 Å². The highest BCUT2D eigenvalue weighted by molar-refractivity contribution is 5.94. The lowest BCUT2D eigenvalue weighted by Gasteiger charge is -2.21. The molecule has 0 saturated heterocycles. The molecular weight excluding hydrogens is 212 g/mol. The van der Waals surface area contributed by atoms with E-state index in [1.54, 1.807) is 6.07 Å². The maximum absolute atomic E-state index is 12.3. The first-order valence-electron chi connectivity index (χ1n) is 6.25. The highest BCUT2D eigenvalue weighted by Gasteiger charge is 2.14. The van der Waals surface area contributed by atoms with Crippen LogP contribution in [0.1, 0.15) is 42.6 Å². The van der Waals surface area contributed by atoms with Gasteiger partial charge in [-0.15, -0.1) is 0 Å². The molecule has 3 nitrogen and oxygen atoms in total. The molecule has 0 unspecified atom stereocenters.